The molecule has 41 heavy (non-hydrogen) atoms. The van der Waals surface area contributed by atoms with Crippen LogP contribution in [0.15, 0.2) is 34.8 Å². The summed E-state index contributed by atoms with van der Waals surface area (Å²) >= 11 is 0. The number of allylic oxidation sites excluding steroid dienone is 3. The van der Waals surface area contributed by atoms with Crippen molar-refractivity contribution in [2.45, 2.75) is 135 Å². The maximum atomic E-state index is 13.8. The lowest BCUT2D eigenvalue weighted by molar-refractivity contribution is -0.155. The molecule has 4 rings (SSSR count). The zero-order chi connectivity index (χ0) is 31.2. The van der Waals surface area contributed by atoms with Crippen molar-refractivity contribution < 1.29 is 23.5 Å². The van der Waals surface area contributed by atoms with Crippen LogP contribution in [0.2, 0.25) is 36.3 Å². The van der Waals surface area contributed by atoms with Gasteiger partial charge >= 0.3 is 11.7 Å². The number of methoxy groups -OCH3 is 1. The summed E-state index contributed by atoms with van der Waals surface area (Å²) < 4.78 is 19.5. The number of aliphatic hydroxyl groups excluding tert-OH is 1. The largest absolute Gasteiger partial charge is 0.505 e. The summed E-state index contributed by atoms with van der Waals surface area (Å²) in [5, 5.41) is 22.6. The first-order valence-electron chi connectivity index (χ1n) is 15.2. The second-order valence-electron chi connectivity index (χ2n) is 16.4. The van der Waals surface area contributed by atoms with Crippen molar-refractivity contribution in [3.63, 3.8) is 0 Å². The Morgan fingerprint density at radius 2 is 1.66 bits per heavy atom. The van der Waals surface area contributed by atoms with Crippen LogP contribution in [0.25, 0.3) is 4.98 Å². The van der Waals surface area contributed by atoms with E-state index < -0.39 is 45.1 Å². The number of esters is 1. The molecule has 2 fully saturated rings. The van der Waals surface area contributed by atoms with E-state index in [9.17, 15) is 15.3 Å². The molecule has 5 atom stereocenters. The summed E-state index contributed by atoms with van der Waals surface area (Å²) in [6.07, 6.45) is 3.72. The van der Waals surface area contributed by atoms with Crippen LogP contribution in [0.1, 0.15) is 87.0 Å². The first kappa shape index (κ1) is 32.2. The Morgan fingerprint density at radius 3 is 2.17 bits per heavy atom. The SMILES string of the molecule is C=C1C[C@]23C[C@@]1(O[Si](C)(C)C(C)(C)C)CC[C@H]2C1=C(C([N+]#N)=C3O)[C@](C)(C(=O)OC)[C@@H](O[Si](C)(C)C(C)(C)C)CC1. The van der Waals surface area contributed by atoms with E-state index >= 15 is 0 Å². The third kappa shape index (κ3) is 4.54. The normalized spacial score (nSPS) is 34.3. The van der Waals surface area contributed by atoms with Gasteiger partial charge in [-0.15, -0.1) is 0 Å². The maximum absolute atomic E-state index is 13.8. The summed E-state index contributed by atoms with van der Waals surface area (Å²) in [5.41, 5.74) is 0.396. The molecule has 0 heterocycles. The van der Waals surface area contributed by atoms with E-state index in [1.165, 1.54) is 7.11 Å². The Hall–Kier alpha value is -1.74. The van der Waals surface area contributed by atoms with Crippen molar-refractivity contribution in [3.05, 3.63) is 39.7 Å². The van der Waals surface area contributed by atoms with Crippen molar-refractivity contribution >= 4 is 22.6 Å². The molecule has 1 spiro atoms. The van der Waals surface area contributed by atoms with E-state index in [2.05, 4.69) is 79.3 Å². The van der Waals surface area contributed by atoms with Crippen molar-refractivity contribution in [1.29, 1.82) is 5.39 Å². The molecule has 0 aromatic rings. The van der Waals surface area contributed by atoms with Gasteiger partial charge in [0.05, 0.1) is 24.4 Å². The number of aliphatic hydroxyl groups is 1. The lowest BCUT2D eigenvalue weighted by Crippen LogP contribution is -2.56. The number of carbonyl (C=O) groups is 1. The number of diazo groups is 1. The van der Waals surface area contributed by atoms with E-state index in [0.29, 0.717) is 31.3 Å². The Bertz CT molecular complexity index is 1260. The lowest BCUT2D eigenvalue weighted by atomic mass is 9.53. The fourth-order valence-corrected chi connectivity index (χ4v) is 10.6. The molecule has 0 unspecified atom stereocenters. The van der Waals surface area contributed by atoms with Gasteiger partial charge in [0.15, 0.2) is 27.4 Å². The van der Waals surface area contributed by atoms with Crippen LogP contribution in [0.3, 0.4) is 0 Å². The van der Waals surface area contributed by atoms with Crippen LogP contribution in [0.5, 0.6) is 0 Å². The zero-order valence-corrected chi connectivity index (χ0v) is 29.6. The van der Waals surface area contributed by atoms with Crippen molar-refractivity contribution in [1.82, 2.24) is 0 Å². The molecule has 1 N–H and O–H groups in total. The van der Waals surface area contributed by atoms with Gasteiger partial charge in [-0.25, -0.2) is 0 Å². The molecule has 4 aliphatic carbocycles. The average molecular weight is 602 g/mol. The molecule has 0 aliphatic heterocycles. The Balaban J connectivity index is 1.86. The molecule has 2 bridgehead atoms. The Labute approximate surface area is 249 Å². The highest BCUT2D eigenvalue weighted by atomic mass is 28.4. The fraction of sp³-hybridized carbons (Fsp3) is 0.781. The topological polar surface area (TPSA) is 93.1 Å². The predicted octanol–water partition coefficient (Wildman–Crippen LogP) is 8.79. The first-order chi connectivity index (χ1) is 18.5. The van der Waals surface area contributed by atoms with Crippen LogP contribution in [-0.4, -0.2) is 46.5 Å². The van der Waals surface area contributed by atoms with Crippen LogP contribution in [0.4, 0.5) is 0 Å². The minimum absolute atomic E-state index is 0.00353. The molecule has 0 aromatic heterocycles. The standard InChI is InChI=1S/C32H52N2O5Si2/c1-20-18-31-19-32(20,39-41(12,13)29(5,6)7)17-16-22(31)21-14-15-23(38-40(10,11)28(2,3)4)30(8,27(36)37-9)24(21)25(34-33)26(31)35/h22-23H,1,14-19H2,2-13H3/p+1/t22-,23-,30+,31-,32-/m0/s1. The summed E-state index contributed by atoms with van der Waals surface area (Å²) in [7, 11) is -3.04. The highest BCUT2D eigenvalue weighted by molar-refractivity contribution is 6.74. The summed E-state index contributed by atoms with van der Waals surface area (Å²) in [5.74, 6) is -0.384. The molecule has 4 aliphatic rings. The maximum Gasteiger partial charge on any atom is 0.426 e. The Kier molecular flexibility index (Phi) is 7.56. The number of hydrogen-bond donors (Lipinski definition) is 1. The van der Waals surface area contributed by atoms with Crippen molar-refractivity contribution in [2.75, 3.05) is 7.11 Å². The lowest BCUT2D eigenvalue weighted by Gasteiger charge is -2.53. The molecule has 0 saturated heterocycles. The predicted molar refractivity (Wildman–Crippen MR) is 168 cm³/mol. The van der Waals surface area contributed by atoms with Gasteiger partial charge in [0.1, 0.15) is 5.41 Å². The van der Waals surface area contributed by atoms with E-state index in [1.807, 2.05) is 6.92 Å². The number of rotatable bonds is 5. The van der Waals surface area contributed by atoms with Gasteiger partial charge in [-0.3, -0.25) is 4.79 Å². The highest BCUT2D eigenvalue weighted by Crippen LogP contribution is 2.70. The second kappa shape index (κ2) is 9.63. The van der Waals surface area contributed by atoms with Gasteiger partial charge in [0.25, 0.3) is 0 Å². The Morgan fingerprint density at radius 1 is 1.07 bits per heavy atom. The molecule has 7 nitrogen and oxygen atoms in total. The number of nitrogens with zero attached hydrogens (tertiary/aromatic N) is 2. The number of hydrogen-bond acceptors (Lipinski definition) is 6. The minimum atomic E-state index is -2.28. The third-order valence-corrected chi connectivity index (χ3v) is 21.0. The second-order valence-corrected chi connectivity index (χ2v) is 25.8. The van der Waals surface area contributed by atoms with E-state index in [-0.39, 0.29) is 27.5 Å². The molecule has 2 saturated carbocycles. The molecule has 9 heteroatoms. The van der Waals surface area contributed by atoms with Crippen LogP contribution in [0, 0.1) is 22.1 Å². The number of carbonyl (C=O) groups excluding carboxylic acids is 1. The fourth-order valence-electron chi connectivity index (χ4n) is 7.59. The summed E-state index contributed by atoms with van der Waals surface area (Å²) in [4.78, 5) is 17.5. The molecule has 228 valence electrons. The molecular weight excluding hydrogens is 549 g/mol. The third-order valence-electron chi connectivity index (χ3n) is 12.0. The van der Waals surface area contributed by atoms with Crippen LogP contribution in [-0.2, 0) is 18.4 Å². The van der Waals surface area contributed by atoms with Crippen LogP contribution < -0.4 is 0 Å². The first-order valence-corrected chi connectivity index (χ1v) is 21.0. The summed E-state index contributed by atoms with van der Waals surface area (Å²) in [6.45, 7) is 28.5. The van der Waals surface area contributed by atoms with Gasteiger partial charge in [0, 0.05) is 5.41 Å². The molecule has 0 aromatic carbocycles. The number of fused-ring (bicyclic) bond motifs is 2. The van der Waals surface area contributed by atoms with Crippen molar-refractivity contribution in [2.24, 2.45) is 16.7 Å². The van der Waals surface area contributed by atoms with Crippen molar-refractivity contribution in [3.8, 4) is 0 Å². The van der Waals surface area contributed by atoms with Gasteiger partial charge in [-0.1, -0.05) is 53.7 Å². The minimum Gasteiger partial charge on any atom is -0.505 e. The molecule has 0 radical (unpaired) electrons. The van der Waals surface area contributed by atoms with Crippen LogP contribution >= 0.6 is 0 Å². The van der Waals surface area contributed by atoms with E-state index in [0.717, 1.165) is 24.0 Å². The van der Waals surface area contributed by atoms with Gasteiger partial charge in [0.2, 0.25) is 5.39 Å². The average Bonchev–Trinajstić information content (AvgIpc) is 3.05. The summed E-state index contributed by atoms with van der Waals surface area (Å²) in [6, 6.07) is 0. The smallest absolute Gasteiger partial charge is 0.426 e. The van der Waals surface area contributed by atoms with Gasteiger partial charge in [-0.2, -0.15) is 0 Å². The molecule has 0 amide bonds. The van der Waals surface area contributed by atoms with E-state index in [4.69, 9.17) is 13.6 Å². The monoisotopic (exact) mass is 601 g/mol. The van der Waals surface area contributed by atoms with E-state index in [1.54, 1.807) is 0 Å². The zero-order valence-electron chi connectivity index (χ0n) is 27.6. The number of ether oxygens (including phenoxy) is 1. The quantitative estimate of drug-likeness (QED) is 0.146. The van der Waals surface area contributed by atoms with Gasteiger partial charge in [-0.05, 0) is 93.2 Å². The van der Waals surface area contributed by atoms with Gasteiger partial charge < -0.3 is 18.7 Å². The molecular formula is C32H53N2O5Si2+. The highest BCUT2D eigenvalue weighted by Gasteiger charge is 2.69.